The number of hydrogen-bond acceptors (Lipinski definition) is 2. The molecule has 16 heavy (non-hydrogen) atoms. The van der Waals surface area contributed by atoms with Crippen LogP contribution in [0.15, 0.2) is 28.9 Å². The number of furan rings is 1. The van der Waals surface area contributed by atoms with E-state index in [1.54, 1.807) is 6.07 Å². The number of halogens is 1. The number of carbonyl (C=O) groups is 1. The van der Waals surface area contributed by atoms with Crippen molar-refractivity contribution in [2.75, 3.05) is 0 Å². The molecule has 82 valence electrons. The van der Waals surface area contributed by atoms with Gasteiger partial charge in [0.25, 0.3) is 0 Å². The van der Waals surface area contributed by atoms with Crippen molar-refractivity contribution in [1.29, 1.82) is 0 Å². The Bertz CT molecular complexity index is 518. The van der Waals surface area contributed by atoms with Crippen molar-refractivity contribution in [3.8, 4) is 11.1 Å². The number of aldehydes is 1. The van der Waals surface area contributed by atoms with E-state index in [4.69, 9.17) is 4.42 Å². The normalized spacial score (nSPS) is 10.4. The average Bonchev–Trinajstić information content (AvgIpc) is 2.64. The van der Waals surface area contributed by atoms with Crippen LogP contribution in [0.3, 0.4) is 0 Å². The molecule has 0 aliphatic carbocycles. The summed E-state index contributed by atoms with van der Waals surface area (Å²) in [4.78, 5) is 10.8. The van der Waals surface area contributed by atoms with E-state index in [1.165, 1.54) is 18.4 Å². The van der Waals surface area contributed by atoms with Gasteiger partial charge >= 0.3 is 0 Å². The van der Waals surface area contributed by atoms with Gasteiger partial charge in [0.2, 0.25) is 0 Å². The van der Waals surface area contributed by atoms with E-state index in [2.05, 4.69) is 0 Å². The smallest absolute Gasteiger partial charge is 0.185 e. The van der Waals surface area contributed by atoms with Crippen molar-refractivity contribution in [3.63, 3.8) is 0 Å². The van der Waals surface area contributed by atoms with Gasteiger partial charge in [-0.3, -0.25) is 4.79 Å². The van der Waals surface area contributed by atoms with Crippen molar-refractivity contribution in [1.82, 2.24) is 0 Å². The SMILES string of the molecule is Cc1cc(F)cc(C)c1-c1ccoc1C=O. The van der Waals surface area contributed by atoms with E-state index < -0.39 is 0 Å². The molecule has 0 saturated carbocycles. The molecule has 3 heteroatoms. The first-order chi connectivity index (χ1) is 7.63. The highest BCUT2D eigenvalue weighted by molar-refractivity contribution is 5.86. The molecular formula is C13H11FO2. The maximum absolute atomic E-state index is 13.1. The Labute approximate surface area is 92.7 Å². The van der Waals surface area contributed by atoms with E-state index in [9.17, 15) is 9.18 Å². The predicted octanol–water partition coefficient (Wildman–Crippen LogP) is 3.52. The Morgan fingerprint density at radius 1 is 1.25 bits per heavy atom. The molecule has 2 aromatic rings. The number of carbonyl (C=O) groups excluding carboxylic acids is 1. The largest absolute Gasteiger partial charge is 0.461 e. The number of aryl methyl sites for hydroxylation is 2. The molecule has 1 aromatic carbocycles. The molecule has 0 atom stereocenters. The fraction of sp³-hybridized carbons (Fsp3) is 0.154. The number of benzene rings is 1. The molecule has 0 spiro atoms. The summed E-state index contributed by atoms with van der Waals surface area (Å²) in [5, 5.41) is 0. The van der Waals surface area contributed by atoms with Crippen LogP contribution in [0.25, 0.3) is 11.1 Å². The van der Waals surface area contributed by atoms with Crippen LogP contribution in [0.4, 0.5) is 4.39 Å². The maximum Gasteiger partial charge on any atom is 0.185 e. The molecule has 0 fully saturated rings. The standard InChI is InChI=1S/C13H11FO2/c1-8-5-10(14)6-9(2)13(8)11-3-4-16-12(11)7-15/h3-7H,1-2H3. The van der Waals surface area contributed by atoms with Crippen LogP contribution in [0, 0.1) is 19.7 Å². The molecule has 0 N–H and O–H groups in total. The third-order valence-electron chi connectivity index (χ3n) is 2.57. The summed E-state index contributed by atoms with van der Waals surface area (Å²) in [7, 11) is 0. The molecule has 0 aliphatic rings. The zero-order valence-corrected chi connectivity index (χ0v) is 9.08. The monoisotopic (exact) mass is 218 g/mol. The first kappa shape index (κ1) is 10.6. The zero-order chi connectivity index (χ0) is 11.7. The molecule has 1 heterocycles. The first-order valence-electron chi connectivity index (χ1n) is 4.93. The van der Waals surface area contributed by atoms with Crippen LogP contribution >= 0.6 is 0 Å². The summed E-state index contributed by atoms with van der Waals surface area (Å²) in [6.07, 6.45) is 2.12. The molecule has 0 aliphatic heterocycles. The van der Waals surface area contributed by atoms with Gasteiger partial charge in [0.15, 0.2) is 12.0 Å². The predicted molar refractivity (Wildman–Crippen MR) is 59.0 cm³/mol. The van der Waals surface area contributed by atoms with Crippen LogP contribution in [-0.4, -0.2) is 6.29 Å². The second kappa shape index (κ2) is 3.93. The lowest BCUT2D eigenvalue weighted by molar-refractivity contribution is 0.110. The molecule has 0 saturated heterocycles. The van der Waals surface area contributed by atoms with Gasteiger partial charge in [-0.25, -0.2) is 4.39 Å². The van der Waals surface area contributed by atoms with E-state index in [1.807, 2.05) is 13.8 Å². The van der Waals surface area contributed by atoms with Crippen molar-refractivity contribution in [3.05, 3.63) is 47.2 Å². The van der Waals surface area contributed by atoms with Crippen molar-refractivity contribution >= 4 is 6.29 Å². The third-order valence-corrected chi connectivity index (χ3v) is 2.57. The Morgan fingerprint density at radius 2 is 1.88 bits per heavy atom. The first-order valence-corrected chi connectivity index (χ1v) is 4.93. The minimum absolute atomic E-state index is 0.269. The quantitative estimate of drug-likeness (QED) is 0.722. The van der Waals surface area contributed by atoms with Gasteiger partial charge in [0.1, 0.15) is 5.82 Å². The van der Waals surface area contributed by atoms with Gasteiger partial charge < -0.3 is 4.42 Å². The van der Waals surface area contributed by atoms with Crippen molar-refractivity contribution < 1.29 is 13.6 Å². The average molecular weight is 218 g/mol. The summed E-state index contributed by atoms with van der Waals surface area (Å²) in [5.41, 5.74) is 3.16. The van der Waals surface area contributed by atoms with Crippen LogP contribution < -0.4 is 0 Å². The molecule has 0 radical (unpaired) electrons. The molecule has 1 aromatic heterocycles. The molecule has 0 unspecified atom stereocenters. The van der Waals surface area contributed by atoms with E-state index in [-0.39, 0.29) is 11.6 Å². The lowest BCUT2D eigenvalue weighted by Gasteiger charge is -2.08. The Kier molecular flexibility index (Phi) is 2.60. The molecular weight excluding hydrogens is 207 g/mol. The Hall–Kier alpha value is -1.90. The van der Waals surface area contributed by atoms with Gasteiger partial charge in [-0.15, -0.1) is 0 Å². The van der Waals surface area contributed by atoms with Crippen LogP contribution in [0.5, 0.6) is 0 Å². The van der Waals surface area contributed by atoms with Crippen LogP contribution in [0.2, 0.25) is 0 Å². The second-order valence-electron chi connectivity index (χ2n) is 3.73. The van der Waals surface area contributed by atoms with Gasteiger partial charge in [-0.2, -0.15) is 0 Å². The Balaban J connectivity index is 2.69. The molecule has 0 amide bonds. The minimum Gasteiger partial charge on any atom is -0.461 e. The summed E-state index contributed by atoms with van der Waals surface area (Å²) < 4.78 is 18.2. The van der Waals surface area contributed by atoms with Gasteiger partial charge in [-0.1, -0.05) is 0 Å². The lowest BCUT2D eigenvalue weighted by atomic mass is 9.96. The highest BCUT2D eigenvalue weighted by atomic mass is 19.1. The summed E-state index contributed by atoms with van der Waals surface area (Å²) in [5.74, 6) is 0.00714. The fourth-order valence-corrected chi connectivity index (χ4v) is 1.95. The Morgan fingerprint density at radius 3 is 2.44 bits per heavy atom. The molecule has 2 rings (SSSR count). The van der Waals surface area contributed by atoms with E-state index in [0.717, 1.165) is 16.7 Å². The van der Waals surface area contributed by atoms with Gasteiger partial charge in [0.05, 0.1) is 6.26 Å². The highest BCUT2D eigenvalue weighted by Gasteiger charge is 2.13. The molecule has 0 bridgehead atoms. The van der Waals surface area contributed by atoms with Crippen molar-refractivity contribution in [2.45, 2.75) is 13.8 Å². The summed E-state index contributed by atoms with van der Waals surface area (Å²) in [6.45, 7) is 3.62. The lowest BCUT2D eigenvalue weighted by Crippen LogP contribution is -1.91. The van der Waals surface area contributed by atoms with Gasteiger partial charge in [-0.05, 0) is 48.7 Å². The van der Waals surface area contributed by atoms with E-state index in [0.29, 0.717) is 11.8 Å². The topological polar surface area (TPSA) is 30.2 Å². The van der Waals surface area contributed by atoms with Crippen LogP contribution in [-0.2, 0) is 0 Å². The minimum atomic E-state index is -0.269. The van der Waals surface area contributed by atoms with Crippen molar-refractivity contribution in [2.24, 2.45) is 0 Å². The molecule has 2 nitrogen and oxygen atoms in total. The van der Waals surface area contributed by atoms with E-state index >= 15 is 0 Å². The summed E-state index contributed by atoms with van der Waals surface area (Å²) in [6, 6.07) is 4.62. The zero-order valence-electron chi connectivity index (χ0n) is 9.08. The third kappa shape index (κ3) is 1.65. The number of rotatable bonds is 2. The second-order valence-corrected chi connectivity index (χ2v) is 3.73. The maximum atomic E-state index is 13.1. The van der Waals surface area contributed by atoms with Crippen LogP contribution in [0.1, 0.15) is 21.7 Å². The summed E-state index contributed by atoms with van der Waals surface area (Å²) >= 11 is 0. The fourth-order valence-electron chi connectivity index (χ4n) is 1.95. The highest BCUT2D eigenvalue weighted by Crippen LogP contribution is 2.30. The van der Waals surface area contributed by atoms with Gasteiger partial charge in [0, 0.05) is 5.56 Å². The number of hydrogen-bond donors (Lipinski definition) is 0.